The van der Waals surface area contributed by atoms with Gasteiger partial charge in [-0.1, -0.05) is 0 Å². The molecule has 2 aliphatic rings. The summed E-state index contributed by atoms with van der Waals surface area (Å²) in [7, 11) is 1.70. The molecule has 0 aliphatic heterocycles. The fourth-order valence-electron chi connectivity index (χ4n) is 5.08. The van der Waals surface area contributed by atoms with Gasteiger partial charge in [0.15, 0.2) is 0 Å². The molecule has 1 aromatic rings. The van der Waals surface area contributed by atoms with Crippen molar-refractivity contribution in [2.24, 2.45) is 27.7 Å². The van der Waals surface area contributed by atoms with Crippen LogP contribution in [0.1, 0.15) is 40.2 Å². The summed E-state index contributed by atoms with van der Waals surface area (Å²) in [5, 5.41) is 0. The summed E-state index contributed by atoms with van der Waals surface area (Å²) in [6.45, 7) is 12.9. The number of rotatable bonds is 4. The van der Waals surface area contributed by atoms with Crippen molar-refractivity contribution in [2.75, 3.05) is 7.11 Å². The Hall–Kier alpha value is -0.648. The molecule has 0 aromatic heterocycles. The number of ether oxygens (including phenoxy) is 1. The van der Waals surface area contributed by atoms with Gasteiger partial charge in [0.05, 0.1) is 0 Å². The second kappa shape index (κ2) is 6.26. The van der Waals surface area contributed by atoms with Crippen LogP contribution in [0.2, 0.25) is 3.48 Å². The van der Waals surface area contributed by atoms with Crippen LogP contribution in [0.4, 0.5) is 0 Å². The van der Waals surface area contributed by atoms with E-state index in [2.05, 4.69) is 53.0 Å². The number of hydrogen-bond acceptors (Lipinski definition) is 2. The summed E-state index contributed by atoms with van der Waals surface area (Å²) in [6.07, 6.45) is 2.29. The molecular weight excluding hydrogens is 489 g/mol. The zero-order valence-corrected chi connectivity index (χ0v) is 19.6. The normalized spacial score (nSPS) is 38.4. The van der Waals surface area contributed by atoms with Crippen molar-refractivity contribution in [1.82, 2.24) is 0 Å². The monoisotopic (exact) mass is 518 g/mol. The van der Waals surface area contributed by atoms with E-state index >= 15 is 0 Å². The van der Waals surface area contributed by atoms with Crippen LogP contribution < -0.4 is 4.74 Å². The molecule has 5 atom stereocenters. The maximum atomic E-state index is 5.22. The predicted octanol–water partition coefficient (Wildman–Crippen LogP) is 4.85. The van der Waals surface area contributed by atoms with E-state index < -0.39 is 0 Å². The molecule has 0 spiro atoms. The molecule has 2 aliphatic carbocycles. The van der Waals surface area contributed by atoms with E-state index in [0.29, 0.717) is 17.3 Å². The van der Waals surface area contributed by atoms with Crippen molar-refractivity contribution in [3.05, 3.63) is 41.0 Å². The molecule has 0 amide bonds. The summed E-state index contributed by atoms with van der Waals surface area (Å²) in [4.78, 5) is 4.85. The molecule has 1 aromatic carbocycles. The average molecular weight is 518 g/mol. The first kappa shape index (κ1) is 18.2. The van der Waals surface area contributed by atoms with Gasteiger partial charge in [0, 0.05) is 0 Å². The zero-order valence-electron chi connectivity index (χ0n) is 15.7. The van der Waals surface area contributed by atoms with Gasteiger partial charge in [0.1, 0.15) is 0 Å². The molecule has 1 fully saturated rings. The summed E-state index contributed by atoms with van der Waals surface area (Å²) < 4.78 is 6.00. The second-order valence-electron chi connectivity index (χ2n) is 7.88. The molecule has 1 saturated carbocycles. The number of benzene rings is 1. The Bertz CT molecular complexity index is 692. The van der Waals surface area contributed by atoms with Gasteiger partial charge >= 0.3 is 163 Å². The molecular formula is C21H28NOPb. The van der Waals surface area contributed by atoms with E-state index in [-0.39, 0.29) is 5.41 Å². The third-order valence-corrected chi connectivity index (χ3v) is 11.1. The zero-order chi connectivity index (χ0) is 17.7. The molecule has 2 nitrogen and oxygen atoms in total. The van der Waals surface area contributed by atoms with Crippen molar-refractivity contribution in [2.45, 2.75) is 44.6 Å². The van der Waals surface area contributed by atoms with E-state index in [0.717, 1.165) is 15.8 Å². The summed E-state index contributed by atoms with van der Waals surface area (Å²) in [5.74, 6) is 2.21. The molecule has 3 radical (unpaired) electrons. The summed E-state index contributed by atoms with van der Waals surface area (Å²) >= 11 is 1.23. The van der Waals surface area contributed by atoms with Crippen LogP contribution in [-0.2, 0) is 6.54 Å². The third-order valence-electron chi connectivity index (χ3n) is 7.37. The Kier molecular flexibility index (Phi) is 4.73. The minimum absolute atomic E-state index is 0.286. The van der Waals surface area contributed by atoms with Gasteiger partial charge in [0.25, 0.3) is 0 Å². The fourth-order valence-corrected chi connectivity index (χ4v) is 8.58. The molecule has 2 bridgehead atoms. The Morgan fingerprint density at radius 3 is 2.25 bits per heavy atom. The van der Waals surface area contributed by atoms with Gasteiger partial charge in [-0.3, -0.25) is 0 Å². The number of methoxy groups -OCH3 is 1. The Morgan fingerprint density at radius 2 is 1.71 bits per heavy atom. The van der Waals surface area contributed by atoms with E-state index in [1.165, 1.54) is 31.3 Å². The molecule has 127 valence electrons. The first-order valence-corrected chi connectivity index (χ1v) is 11.0. The topological polar surface area (TPSA) is 21.6 Å². The Labute approximate surface area is 162 Å². The van der Waals surface area contributed by atoms with Gasteiger partial charge in [-0.15, -0.1) is 0 Å². The van der Waals surface area contributed by atoms with Gasteiger partial charge in [-0.05, 0) is 0 Å². The van der Waals surface area contributed by atoms with Gasteiger partial charge in [0.2, 0.25) is 0 Å². The number of nitrogens with zero attached hydrogens (tertiary/aromatic N) is 1. The van der Waals surface area contributed by atoms with Crippen molar-refractivity contribution >= 4 is 32.0 Å². The van der Waals surface area contributed by atoms with Gasteiger partial charge in [-0.2, -0.15) is 0 Å². The average Bonchev–Trinajstić information content (AvgIpc) is 2.82. The third kappa shape index (κ3) is 2.35. The minimum atomic E-state index is 0.286. The summed E-state index contributed by atoms with van der Waals surface area (Å²) in [5.41, 5.74) is 5.17. The summed E-state index contributed by atoms with van der Waals surface area (Å²) in [6, 6.07) is 8.24. The standard InChI is InChI=1S/C21H28NO.Pb/c1-14-15(2)21(5)16(3)20(14,4)11-18(21)13-22-12-17-7-9-19(23-6)10-8-17;/h7-11,13,16,18H,12H2,1-6H3;. The van der Waals surface area contributed by atoms with Crippen molar-refractivity contribution < 1.29 is 4.74 Å². The van der Waals surface area contributed by atoms with Crippen molar-refractivity contribution in [3.8, 4) is 5.75 Å². The van der Waals surface area contributed by atoms with Gasteiger partial charge in [-0.25, -0.2) is 0 Å². The second-order valence-corrected chi connectivity index (χ2v) is 10.3. The fraction of sp³-hybridized carbons (Fsp3) is 0.571. The molecule has 3 rings (SSSR count). The number of hydrogen-bond donors (Lipinski definition) is 0. The molecule has 3 heteroatoms. The predicted molar refractivity (Wildman–Crippen MR) is 102 cm³/mol. The quantitative estimate of drug-likeness (QED) is 0.318. The SMILES string of the molecule is COc1ccc(CN=CC2[CH]([Pb])C3(C)C(C)=C(C)C2(C)C3C)cc1. The van der Waals surface area contributed by atoms with Crippen LogP contribution >= 0.6 is 0 Å². The van der Waals surface area contributed by atoms with Gasteiger partial charge < -0.3 is 0 Å². The van der Waals surface area contributed by atoms with E-state index in [1.54, 1.807) is 18.3 Å². The number of allylic oxidation sites excluding steroid dienone is 2. The molecule has 0 N–H and O–H groups in total. The molecule has 24 heavy (non-hydrogen) atoms. The van der Waals surface area contributed by atoms with Crippen LogP contribution in [0.15, 0.2) is 40.4 Å². The van der Waals surface area contributed by atoms with Crippen LogP contribution in [0.25, 0.3) is 0 Å². The molecule has 0 saturated heterocycles. The van der Waals surface area contributed by atoms with Crippen molar-refractivity contribution in [1.29, 1.82) is 0 Å². The number of aliphatic imine (C=N–C) groups is 1. The van der Waals surface area contributed by atoms with Crippen LogP contribution in [-0.4, -0.2) is 39.1 Å². The van der Waals surface area contributed by atoms with Crippen molar-refractivity contribution in [3.63, 3.8) is 0 Å². The van der Waals surface area contributed by atoms with Crippen LogP contribution in [0.3, 0.4) is 0 Å². The van der Waals surface area contributed by atoms with E-state index in [9.17, 15) is 0 Å². The Morgan fingerprint density at radius 1 is 1.12 bits per heavy atom. The molecule has 0 heterocycles. The Balaban J connectivity index is 1.80. The molecule has 5 unspecified atom stereocenters. The van der Waals surface area contributed by atoms with E-state index in [1.807, 2.05) is 12.1 Å². The van der Waals surface area contributed by atoms with Crippen LogP contribution in [0, 0.1) is 22.7 Å². The van der Waals surface area contributed by atoms with E-state index in [4.69, 9.17) is 9.73 Å². The maximum absolute atomic E-state index is 5.22. The first-order chi connectivity index (χ1) is 11.3. The van der Waals surface area contributed by atoms with Crippen LogP contribution in [0.5, 0.6) is 5.75 Å². The number of fused-ring (bicyclic) bond motifs is 2. The first-order valence-electron chi connectivity index (χ1n) is 8.80.